The highest BCUT2D eigenvalue weighted by molar-refractivity contribution is 5.46. The van der Waals surface area contributed by atoms with Gasteiger partial charge in [-0.3, -0.25) is 0 Å². The maximum atomic E-state index is 5.18. The van der Waals surface area contributed by atoms with Gasteiger partial charge >= 0.3 is 0 Å². The van der Waals surface area contributed by atoms with Crippen molar-refractivity contribution in [3.63, 3.8) is 0 Å². The molecule has 0 aromatic carbocycles. The standard InChI is InChI=1S/C10H14O/c1-8(2)9(3)7-10-5-4-6-11-10/h4-8H,1-3H3/b9-7+. The summed E-state index contributed by atoms with van der Waals surface area (Å²) in [5.74, 6) is 1.54. The summed E-state index contributed by atoms with van der Waals surface area (Å²) in [5.41, 5.74) is 1.35. The van der Waals surface area contributed by atoms with E-state index in [2.05, 4.69) is 26.8 Å². The van der Waals surface area contributed by atoms with Crippen LogP contribution in [0.25, 0.3) is 6.08 Å². The molecule has 0 atom stereocenters. The molecule has 0 aliphatic carbocycles. The Hall–Kier alpha value is -0.980. The first-order chi connectivity index (χ1) is 5.20. The third-order valence-corrected chi connectivity index (χ3v) is 1.82. The van der Waals surface area contributed by atoms with Crippen molar-refractivity contribution in [1.82, 2.24) is 0 Å². The minimum Gasteiger partial charge on any atom is -0.465 e. The summed E-state index contributed by atoms with van der Waals surface area (Å²) >= 11 is 0. The molecule has 1 aromatic rings. The second-order valence-corrected chi connectivity index (χ2v) is 3.06. The zero-order valence-electron chi connectivity index (χ0n) is 7.29. The molecule has 0 N–H and O–H groups in total. The summed E-state index contributed by atoms with van der Waals surface area (Å²) in [6.07, 6.45) is 3.77. The Balaban J connectivity index is 2.74. The van der Waals surface area contributed by atoms with Gasteiger partial charge in [-0.1, -0.05) is 19.4 Å². The molecule has 0 amide bonds. The average molecular weight is 150 g/mol. The van der Waals surface area contributed by atoms with Crippen LogP contribution in [0.2, 0.25) is 0 Å². The van der Waals surface area contributed by atoms with E-state index < -0.39 is 0 Å². The van der Waals surface area contributed by atoms with Gasteiger partial charge in [-0.05, 0) is 31.1 Å². The normalized spacial score (nSPS) is 12.5. The fraction of sp³-hybridized carbons (Fsp3) is 0.400. The van der Waals surface area contributed by atoms with Gasteiger partial charge in [-0.2, -0.15) is 0 Å². The van der Waals surface area contributed by atoms with Gasteiger partial charge in [0.1, 0.15) is 5.76 Å². The van der Waals surface area contributed by atoms with Crippen molar-refractivity contribution in [2.45, 2.75) is 20.8 Å². The van der Waals surface area contributed by atoms with Gasteiger partial charge < -0.3 is 4.42 Å². The van der Waals surface area contributed by atoms with Crippen molar-refractivity contribution in [3.05, 3.63) is 29.7 Å². The number of allylic oxidation sites excluding steroid dienone is 1. The van der Waals surface area contributed by atoms with E-state index in [4.69, 9.17) is 4.42 Å². The van der Waals surface area contributed by atoms with Gasteiger partial charge in [0.2, 0.25) is 0 Å². The van der Waals surface area contributed by atoms with E-state index in [1.807, 2.05) is 12.1 Å². The second-order valence-electron chi connectivity index (χ2n) is 3.06. The molecular weight excluding hydrogens is 136 g/mol. The molecule has 0 spiro atoms. The molecular formula is C10H14O. The summed E-state index contributed by atoms with van der Waals surface area (Å²) in [6.45, 7) is 6.47. The Kier molecular flexibility index (Phi) is 2.53. The molecule has 0 aliphatic heterocycles. The summed E-state index contributed by atoms with van der Waals surface area (Å²) in [6, 6.07) is 3.87. The highest BCUT2D eigenvalue weighted by Crippen LogP contribution is 2.13. The van der Waals surface area contributed by atoms with Gasteiger partial charge in [0, 0.05) is 0 Å². The predicted molar refractivity (Wildman–Crippen MR) is 47.2 cm³/mol. The predicted octanol–water partition coefficient (Wildman–Crippen LogP) is 3.34. The van der Waals surface area contributed by atoms with Crippen LogP contribution in [-0.2, 0) is 0 Å². The van der Waals surface area contributed by atoms with E-state index in [1.165, 1.54) is 5.57 Å². The highest BCUT2D eigenvalue weighted by Gasteiger charge is 1.96. The molecule has 60 valence electrons. The van der Waals surface area contributed by atoms with Crippen molar-refractivity contribution in [3.8, 4) is 0 Å². The Morgan fingerprint density at radius 2 is 2.27 bits per heavy atom. The molecule has 0 saturated carbocycles. The SMILES string of the molecule is C/C(=C\c1ccco1)C(C)C. The van der Waals surface area contributed by atoms with Gasteiger partial charge in [0.15, 0.2) is 0 Å². The largest absolute Gasteiger partial charge is 0.465 e. The lowest BCUT2D eigenvalue weighted by atomic mass is 10.0. The highest BCUT2D eigenvalue weighted by atomic mass is 16.3. The Morgan fingerprint density at radius 3 is 2.73 bits per heavy atom. The maximum absolute atomic E-state index is 5.18. The fourth-order valence-corrected chi connectivity index (χ4v) is 0.764. The molecule has 11 heavy (non-hydrogen) atoms. The lowest BCUT2D eigenvalue weighted by Gasteiger charge is -2.02. The van der Waals surface area contributed by atoms with E-state index in [0.29, 0.717) is 5.92 Å². The van der Waals surface area contributed by atoms with Crippen molar-refractivity contribution >= 4 is 6.08 Å². The van der Waals surface area contributed by atoms with E-state index in [9.17, 15) is 0 Å². The van der Waals surface area contributed by atoms with Crippen LogP contribution in [-0.4, -0.2) is 0 Å². The lowest BCUT2D eigenvalue weighted by Crippen LogP contribution is -1.86. The smallest absolute Gasteiger partial charge is 0.126 e. The topological polar surface area (TPSA) is 13.1 Å². The Morgan fingerprint density at radius 1 is 1.55 bits per heavy atom. The van der Waals surface area contributed by atoms with Crippen LogP contribution >= 0.6 is 0 Å². The first-order valence-corrected chi connectivity index (χ1v) is 3.92. The van der Waals surface area contributed by atoms with E-state index in [-0.39, 0.29) is 0 Å². The molecule has 0 radical (unpaired) electrons. The van der Waals surface area contributed by atoms with Crippen LogP contribution in [0, 0.1) is 5.92 Å². The van der Waals surface area contributed by atoms with Crippen molar-refractivity contribution in [1.29, 1.82) is 0 Å². The maximum Gasteiger partial charge on any atom is 0.126 e. The number of rotatable bonds is 2. The quantitative estimate of drug-likeness (QED) is 0.630. The summed E-state index contributed by atoms with van der Waals surface area (Å²) in [5, 5.41) is 0. The molecule has 1 heteroatoms. The van der Waals surface area contributed by atoms with Gasteiger partial charge in [0.05, 0.1) is 6.26 Å². The monoisotopic (exact) mass is 150 g/mol. The number of hydrogen-bond acceptors (Lipinski definition) is 1. The zero-order valence-corrected chi connectivity index (χ0v) is 7.29. The van der Waals surface area contributed by atoms with Gasteiger partial charge in [-0.25, -0.2) is 0 Å². The van der Waals surface area contributed by atoms with Crippen LogP contribution in [0.4, 0.5) is 0 Å². The van der Waals surface area contributed by atoms with Crippen LogP contribution < -0.4 is 0 Å². The van der Waals surface area contributed by atoms with E-state index in [0.717, 1.165) is 5.76 Å². The molecule has 1 aromatic heterocycles. The first-order valence-electron chi connectivity index (χ1n) is 3.92. The number of furan rings is 1. The second kappa shape index (κ2) is 3.42. The molecule has 1 nitrogen and oxygen atoms in total. The number of hydrogen-bond donors (Lipinski definition) is 0. The molecule has 0 saturated heterocycles. The van der Waals surface area contributed by atoms with E-state index >= 15 is 0 Å². The van der Waals surface area contributed by atoms with Gasteiger partial charge in [0.25, 0.3) is 0 Å². The van der Waals surface area contributed by atoms with Crippen LogP contribution in [0.1, 0.15) is 26.5 Å². The Labute approximate surface area is 67.7 Å². The molecule has 0 aliphatic rings. The van der Waals surface area contributed by atoms with Crippen LogP contribution in [0.5, 0.6) is 0 Å². The zero-order chi connectivity index (χ0) is 8.27. The molecule has 1 heterocycles. The average Bonchev–Trinajstić information content (AvgIpc) is 2.39. The third kappa shape index (κ3) is 2.26. The fourth-order valence-electron chi connectivity index (χ4n) is 0.764. The summed E-state index contributed by atoms with van der Waals surface area (Å²) in [7, 11) is 0. The lowest BCUT2D eigenvalue weighted by molar-refractivity contribution is 0.555. The minimum absolute atomic E-state index is 0.597. The molecule has 1 rings (SSSR count). The van der Waals surface area contributed by atoms with Crippen molar-refractivity contribution in [2.24, 2.45) is 5.92 Å². The molecule has 0 fully saturated rings. The molecule has 0 bridgehead atoms. The first kappa shape index (κ1) is 8.12. The summed E-state index contributed by atoms with van der Waals surface area (Å²) in [4.78, 5) is 0. The van der Waals surface area contributed by atoms with Crippen LogP contribution in [0.3, 0.4) is 0 Å². The molecule has 0 unspecified atom stereocenters. The van der Waals surface area contributed by atoms with Gasteiger partial charge in [-0.15, -0.1) is 0 Å². The Bertz CT molecular complexity index is 229. The van der Waals surface area contributed by atoms with Crippen molar-refractivity contribution < 1.29 is 4.42 Å². The third-order valence-electron chi connectivity index (χ3n) is 1.82. The summed E-state index contributed by atoms with van der Waals surface area (Å²) < 4.78 is 5.18. The minimum atomic E-state index is 0.597. The van der Waals surface area contributed by atoms with E-state index in [1.54, 1.807) is 6.26 Å². The van der Waals surface area contributed by atoms with Crippen LogP contribution in [0.15, 0.2) is 28.4 Å². The van der Waals surface area contributed by atoms with Crippen molar-refractivity contribution in [2.75, 3.05) is 0 Å².